The third kappa shape index (κ3) is 5.19. The van der Waals surface area contributed by atoms with Crippen molar-refractivity contribution in [1.82, 2.24) is 0 Å². The number of ether oxygens (including phenoxy) is 1. The van der Waals surface area contributed by atoms with Gasteiger partial charge in [0.15, 0.2) is 0 Å². The molecule has 1 nitrogen and oxygen atoms in total. The van der Waals surface area contributed by atoms with Crippen molar-refractivity contribution < 1.29 is 4.74 Å². The van der Waals surface area contributed by atoms with E-state index < -0.39 is 0 Å². The standard InChI is InChI=1S/C19H30O/c1-2-3-4-5-6-7-8-9-13-18-16-15-17-12-10-11-14-19(17)20-18/h10-12,14,18H,2-9,13,15-16H2,1H3. The van der Waals surface area contributed by atoms with E-state index in [1.54, 1.807) is 0 Å². The van der Waals surface area contributed by atoms with Crippen LogP contribution >= 0.6 is 0 Å². The number of para-hydroxylation sites is 1. The minimum atomic E-state index is 0.463. The number of hydrogen-bond donors (Lipinski definition) is 0. The number of aryl methyl sites for hydroxylation is 1. The molecule has 112 valence electrons. The van der Waals surface area contributed by atoms with Crippen LogP contribution in [-0.4, -0.2) is 6.10 Å². The quantitative estimate of drug-likeness (QED) is 0.508. The Morgan fingerprint density at radius 2 is 1.65 bits per heavy atom. The van der Waals surface area contributed by atoms with E-state index in [4.69, 9.17) is 4.74 Å². The molecule has 0 aliphatic carbocycles. The van der Waals surface area contributed by atoms with Gasteiger partial charge in [-0.1, -0.05) is 70.1 Å². The van der Waals surface area contributed by atoms with Crippen molar-refractivity contribution in [3.63, 3.8) is 0 Å². The summed E-state index contributed by atoms with van der Waals surface area (Å²) >= 11 is 0. The highest BCUT2D eigenvalue weighted by atomic mass is 16.5. The lowest BCUT2D eigenvalue weighted by molar-refractivity contribution is 0.160. The lowest BCUT2D eigenvalue weighted by atomic mass is 9.98. The summed E-state index contributed by atoms with van der Waals surface area (Å²) in [6, 6.07) is 8.51. The zero-order valence-electron chi connectivity index (χ0n) is 13.1. The number of fused-ring (bicyclic) bond motifs is 1. The topological polar surface area (TPSA) is 9.23 Å². The first kappa shape index (κ1) is 15.4. The van der Waals surface area contributed by atoms with Gasteiger partial charge in [-0.05, 0) is 37.3 Å². The number of unbranched alkanes of at least 4 members (excludes halogenated alkanes) is 7. The summed E-state index contributed by atoms with van der Waals surface area (Å²) in [5.74, 6) is 1.13. The Hall–Kier alpha value is -0.980. The van der Waals surface area contributed by atoms with Crippen LogP contribution in [0.3, 0.4) is 0 Å². The fourth-order valence-electron chi connectivity index (χ4n) is 3.09. The average molecular weight is 274 g/mol. The second-order valence-corrected chi connectivity index (χ2v) is 6.15. The molecule has 1 aliphatic heterocycles. The molecule has 1 heteroatoms. The van der Waals surface area contributed by atoms with Gasteiger partial charge in [0.2, 0.25) is 0 Å². The molecule has 0 N–H and O–H groups in total. The van der Waals surface area contributed by atoms with Crippen LogP contribution in [-0.2, 0) is 6.42 Å². The highest BCUT2D eigenvalue weighted by molar-refractivity contribution is 5.35. The first-order valence-electron chi connectivity index (χ1n) is 8.64. The molecule has 0 bridgehead atoms. The maximum atomic E-state index is 6.09. The van der Waals surface area contributed by atoms with Gasteiger partial charge in [-0.15, -0.1) is 0 Å². The van der Waals surface area contributed by atoms with E-state index in [1.807, 2.05) is 0 Å². The van der Waals surface area contributed by atoms with E-state index in [-0.39, 0.29) is 0 Å². The first-order valence-corrected chi connectivity index (χ1v) is 8.64. The van der Waals surface area contributed by atoms with Crippen LogP contribution in [0.2, 0.25) is 0 Å². The molecule has 0 saturated heterocycles. The van der Waals surface area contributed by atoms with Crippen LogP contribution < -0.4 is 4.74 Å². The van der Waals surface area contributed by atoms with Gasteiger partial charge in [0.25, 0.3) is 0 Å². The normalized spacial score (nSPS) is 17.6. The summed E-state index contributed by atoms with van der Waals surface area (Å²) in [7, 11) is 0. The summed E-state index contributed by atoms with van der Waals surface area (Å²) in [4.78, 5) is 0. The van der Waals surface area contributed by atoms with Gasteiger partial charge in [-0.3, -0.25) is 0 Å². The predicted octanol–water partition coefficient (Wildman–Crippen LogP) is 5.91. The van der Waals surface area contributed by atoms with E-state index in [0.717, 1.165) is 5.75 Å². The molecule has 20 heavy (non-hydrogen) atoms. The monoisotopic (exact) mass is 274 g/mol. The Bertz CT molecular complexity index is 372. The number of rotatable bonds is 9. The Morgan fingerprint density at radius 3 is 2.45 bits per heavy atom. The highest BCUT2D eigenvalue weighted by Gasteiger charge is 2.18. The van der Waals surface area contributed by atoms with Gasteiger partial charge in [0.1, 0.15) is 5.75 Å². The van der Waals surface area contributed by atoms with Crippen molar-refractivity contribution in [3.05, 3.63) is 29.8 Å². The second kappa shape index (κ2) is 9.05. The van der Waals surface area contributed by atoms with E-state index in [0.29, 0.717) is 6.10 Å². The molecule has 1 heterocycles. The minimum Gasteiger partial charge on any atom is -0.490 e. The van der Waals surface area contributed by atoms with Crippen LogP contribution in [0.5, 0.6) is 5.75 Å². The van der Waals surface area contributed by atoms with Gasteiger partial charge >= 0.3 is 0 Å². The van der Waals surface area contributed by atoms with E-state index in [9.17, 15) is 0 Å². The molecule has 1 aromatic rings. The molecule has 0 saturated carbocycles. The fraction of sp³-hybridized carbons (Fsp3) is 0.684. The zero-order chi connectivity index (χ0) is 14.0. The highest BCUT2D eigenvalue weighted by Crippen LogP contribution is 2.29. The van der Waals surface area contributed by atoms with Crippen LogP contribution in [0, 0.1) is 0 Å². The third-order valence-corrected chi connectivity index (χ3v) is 4.38. The summed E-state index contributed by atoms with van der Waals surface area (Å²) in [6.45, 7) is 2.28. The molecule has 2 rings (SSSR count). The van der Waals surface area contributed by atoms with Crippen molar-refractivity contribution in [2.75, 3.05) is 0 Å². The summed E-state index contributed by atoms with van der Waals surface area (Å²) in [6.07, 6.45) is 15.3. The van der Waals surface area contributed by atoms with E-state index in [1.165, 1.54) is 76.2 Å². The van der Waals surface area contributed by atoms with Gasteiger partial charge in [0, 0.05) is 0 Å². The molecule has 0 amide bonds. The molecule has 1 unspecified atom stereocenters. The van der Waals surface area contributed by atoms with E-state index in [2.05, 4.69) is 31.2 Å². The molecular weight excluding hydrogens is 244 g/mol. The summed E-state index contributed by atoms with van der Waals surface area (Å²) < 4.78 is 6.09. The van der Waals surface area contributed by atoms with Crippen molar-refractivity contribution >= 4 is 0 Å². The third-order valence-electron chi connectivity index (χ3n) is 4.38. The number of hydrogen-bond acceptors (Lipinski definition) is 1. The largest absolute Gasteiger partial charge is 0.490 e. The van der Waals surface area contributed by atoms with Crippen molar-refractivity contribution in [2.24, 2.45) is 0 Å². The molecule has 0 spiro atoms. The van der Waals surface area contributed by atoms with Crippen molar-refractivity contribution in [2.45, 2.75) is 83.7 Å². The minimum absolute atomic E-state index is 0.463. The van der Waals surface area contributed by atoms with Crippen LogP contribution in [0.25, 0.3) is 0 Å². The van der Waals surface area contributed by atoms with E-state index >= 15 is 0 Å². The summed E-state index contributed by atoms with van der Waals surface area (Å²) in [5, 5.41) is 0. The van der Waals surface area contributed by atoms with Gasteiger partial charge in [0.05, 0.1) is 6.10 Å². The molecule has 1 aliphatic rings. The smallest absolute Gasteiger partial charge is 0.122 e. The second-order valence-electron chi connectivity index (χ2n) is 6.15. The SMILES string of the molecule is CCCCCCCCCCC1CCc2ccccc2O1. The maximum Gasteiger partial charge on any atom is 0.122 e. The molecule has 0 radical (unpaired) electrons. The van der Waals surface area contributed by atoms with Gasteiger partial charge in [-0.25, -0.2) is 0 Å². The van der Waals surface area contributed by atoms with Crippen molar-refractivity contribution in [1.29, 1.82) is 0 Å². The fourth-order valence-corrected chi connectivity index (χ4v) is 3.09. The Labute approximate surface area is 124 Å². The number of benzene rings is 1. The van der Waals surface area contributed by atoms with Gasteiger partial charge < -0.3 is 4.74 Å². The molecule has 1 aromatic carbocycles. The zero-order valence-corrected chi connectivity index (χ0v) is 13.1. The van der Waals surface area contributed by atoms with Crippen molar-refractivity contribution in [3.8, 4) is 5.75 Å². The van der Waals surface area contributed by atoms with Crippen LogP contribution in [0.1, 0.15) is 76.7 Å². The Kier molecular flexibility index (Phi) is 6.97. The molecule has 0 aromatic heterocycles. The van der Waals surface area contributed by atoms with Crippen LogP contribution in [0.15, 0.2) is 24.3 Å². The molecule has 0 fully saturated rings. The average Bonchev–Trinajstić information content (AvgIpc) is 2.50. The lowest BCUT2D eigenvalue weighted by Gasteiger charge is -2.26. The first-order chi connectivity index (χ1) is 9.90. The Balaban J connectivity index is 1.53. The predicted molar refractivity (Wildman–Crippen MR) is 86.4 cm³/mol. The van der Waals surface area contributed by atoms with Gasteiger partial charge in [-0.2, -0.15) is 0 Å². The summed E-state index contributed by atoms with van der Waals surface area (Å²) in [5.41, 5.74) is 1.39. The van der Waals surface area contributed by atoms with Crippen LogP contribution in [0.4, 0.5) is 0 Å². The molecule has 1 atom stereocenters. The Morgan fingerprint density at radius 1 is 0.950 bits per heavy atom. The lowest BCUT2D eigenvalue weighted by Crippen LogP contribution is -2.22. The maximum absolute atomic E-state index is 6.09. The molecular formula is C19H30O.